The summed E-state index contributed by atoms with van der Waals surface area (Å²) in [7, 11) is 0. The standard InChI is InChI=1S/C7H13N2/c8-7-5-9-3-1-6(7)2-4-9/h5-7H,1-4,8H2/q+1/t7-/m0/s1. The fraction of sp³-hybridized carbons (Fsp3) is 0.857. The minimum absolute atomic E-state index is 0.368. The van der Waals surface area contributed by atoms with Crippen LogP contribution >= 0.6 is 0 Å². The predicted octanol–water partition coefficient (Wildman–Crippen LogP) is -0.179. The zero-order valence-corrected chi connectivity index (χ0v) is 5.59. The van der Waals surface area contributed by atoms with Gasteiger partial charge in [-0.25, -0.2) is 4.58 Å². The van der Waals surface area contributed by atoms with Gasteiger partial charge in [-0.2, -0.15) is 0 Å². The summed E-state index contributed by atoms with van der Waals surface area (Å²) in [5, 5.41) is 0. The van der Waals surface area contributed by atoms with E-state index >= 15 is 0 Å². The third-order valence-corrected chi connectivity index (χ3v) is 2.50. The van der Waals surface area contributed by atoms with Crippen LogP contribution < -0.4 is 5.73 Å². The molecule has 1 fully saturated rings. The molecule has 3 rings (SSSR count). The smallest absolute Gasteiger partial charge is 0.156 e. The molecule has 3 heterocycles. The zero-order valence-electron chi connectivity index (χ0n) is 5.59. The lowest BCUT2D eigenvalue weighted by Crippen LogP contribution is -2.47. The van der Waals surface area contributed by atoms with Crippen molar-refractivity contribution in [3.8, 4) is 0 Å². The highest BCUT2D eigenvalue weighted by molar-refractivity contribution is 5.60. The minimum Gasteiger partial charge on any atom is -0.319 e. The highest BCUT2D eigenvalue weighted by Crippen LogP contribution is 2.20. The van der Waals surface area contributed by atoms with E-state index in [9.17, 15) is 0 Å². The third-order valence-electron chi connectivity index (χ3n) is 2.50. The Kier molecular flexibility index (Phi) is 1.09. The quantitative estimate of drug-likeness (QED) is 0.447. The molecule has 3 aliphatic rings. The molecule has 0 spiro atoms. The molecule has 2 nitrogen and oxygen atoms in total. The SMILES string of the molecule is N[C@H]1C=[N+]2CCC1CC2. The molecule has 0 amide bonds. The summed E-state index contributed by atoms with van der Waals surface area (Å²) in [6, 6.07) is 0.368. The number of fused-ring (bicyclic) bond motifs is 3. The lowest BCUT2D eigenvalue weighted by atomic mass is 9.87. The Morgan fingerprint density at radius 2 is 2.00 bits per heavy atom. The first kappa shape index (κ1) is 5.42. The normalized spacial score (nSPS) is 40.8. The topological polar surface area (TPSA) is 29.0 Å². The molecular formula is C7H13N2+. The number of hydrogen-bond donors (Lipinski definition) is 1. The van der Waals surface area contributed by atoms with E-state index in [1.165, 1.54) is 25.9 Å². The van der Waals surface area contributed by atoms with Crippen molar-refractivity contribution in [3.63, 3.8) is 0 Å². The van der Waals surface area contributed by atoms with Crippen molar-refractivity contribution in [1.82, 2.24) is 0 Å². The molecule has 0 saturated carbocycles. The molecule has 0 aliphatic carbocycles. The van der Waals surface area contributed by atoms with Gasteiger partial charge < -0.3 is 5.73 Å². The van der Waals surface area contributed by atoms with Crippen molar-refractivity contribution in [1.29, 1.82) is 0 Å². The Hall–Kier alpha value is -0.370. The molecule has 2 N–H and O–H groups in total. The predicted molar refractivity (Wildman–Crippen MR) is 36.8 cm³/mol. The Bertz CT molecular complexity index is 141. The minimum atomic E-state index is 0.368. The van der Waals surface area contributed by atoms with Crippen molar-refractivity contribution in [2.45, 2.75) is 18.9 Å². The molecule has 0 aromatic rings. The average Bonchev–Trinajstić information content (AvgIpc) is 1.90. The zero-order chi connectivity index (χ0) is 6.27. The average molecular weight is 125 g/mol. The summed E-state index contributed by atoms with van der Waals surface area (Å²) in [6.07, 6.45) is 4.83. The molecule has 9 heavy (non-hydrogen) atoms. The van der Waals surface area contributed by atoms with E-state index < -0.39 is 0 Å². The molecule has 2 heteroatoms. The first-order chi connectivity index (χ1) is 4.36. The molecule has 0 unspecified atom stereocenters. The van der Waals surface area contributed by atoms with E-state index in [1.54, 1.807) is 0 Å². The Balaban J connectivity index is 2.25. The summed E-state index contributed by atoms with van der Waals surface area (Å²) in [5.74, 6) is 0.801. The highest BCUT2D eigenvalue weighted by Gasteiger charge is 2.32. The van der Waals surface area contributed by atoms with Crippen LogP contribution in [-0.4, -0.2) is 29.9 Å². The van der Waals surface area contributed by atoms with Crippen molar-refractivity contribution < 1.29 is 4.58 Å². The van der Waals surface area contributed by atoms with Crippen molar-refractivity contribution in [2.75, 3.05) is 13.1 Å². The molecule has 2 bridgehead atoms. The third kappa shape index (κ3) is 0.778. The maximum Gasteiger partial charge on any atom is 0.156 e. The van der Waals surface area contributed by atoms with Crippen LogP contribution in [0.4, 0.5) is 0 Å². The lowest BCUT2D eigenvalue weighted by molar-refractivity contribution is -0.546. The van der Waals surface area contributed by atoms with E-state index in [4.69, 9.17) is 5.73 Å². The van der Waals surface area contributed by atoms with Crippen LogP contribution in [0.25, 0.3) is 0 Å². The van der Waals surface area contributed by atoms with Gasteiger partial charge in [-0.1, -0.05) is 0 Å². The van der Waals surface area contributed by atoms with Gasteiger partial charge in [-0.3, -0.25) is 0 Å². The van der Waals surface area contributed by atoms with E-state index in [0.29, 0.717) is 6.04 Å². The Labute approximate surface area is 55.4 Å². The number of rotatable bonds is 0. The molecule has 0 aromatic heterocycles. The Morgan fingerprint density at radius 3 is 2.22 bits per heavy atom. The number of nitrogens with two attached hydrogens (primary N) is 1. The maximum absolute atomic E-state index is 5.82. The molecule has 1 atom stereocenters. The largest absolute Gasteiger partial charge is 0.319 e. The summed E-state index contributed by atoms with van der Waals surface area (Å²) in [6.45, 7) is 2.50. The second-order valence-corrected chi connectivity index (χ2v) is 3.10. The number of piperidine rings is 1. The summed E-state index contributed by atoms with van der Waals surface area (Å²) >= 11 is 0. The van der Waals surface area contributed by atoms with Crippen molar-refractivity contribution in [3.05, 3.63) is 0 Å². The molecule has 0 radical (unpaired) electrons. The fourth-order valence-electron chi connectivity index (χ4n) is 1.82. The monoisotopic (exact) mass is 125 g/mol. The van der Waals surface area contributed by atoms with Crippen LogP contribution in [0, 0.1) is 5.92 Å². The van der Waals surface area contributed by atoms with E-state index in [1.807, 2.05) is 0 Å². The van der Waals surface area contributed by atoms with Crippen molar-refractivity contribution >= 4 is 6.21 Å². The second kappa shape index (κ2) is 1.81. The number of nitrogens with zero attached hydrogens (tertiary/aromatic N) is 1. The highest BCUT2D eigenvalue weighted by atomic mass is 15.0. The van der Waals surface area contributed by atoms with Crippen LogP contribution in [0.2, 0.25) is 0 Å². The molecule has 1 saturated heterocycles. The van der Waals surface area contributed by atoms with Crippen LogP contribution in [-0.2, 0) is 0 Å². The summed E-state index contributed by atoms with van der Waals surface area (Å²) in [4.78, 5) is 0. The lowest BCUT2D eigenvalue weighted by Gasteiger charge is -2.28. The van der Waals surface area contributed by atoms with Gasteiger partial charge >= 0.3 is 0 Å². The Morgan fingerprint density at radius 1 is 1.33 bits per heavy atom. The summed E-state index contributed by atoms with van der Waals surface area (Å²) in [5.41, 5.74) is 5.82. The van der Waals surface area contributed by atoms with E-state index in [2.05, 4.69) is 10.8 Å². The van der Waals surface area contributed by atoms with Gasteiger partial charge in [0, 0.05) is 12.8 Å². The first-order valence-electron chi connectivity index (χ1n) is 3.71. The molecule has 0 aromatic carbocycles. The van der Waals surface area contributed by atoms with Crippen LogP contribution in [0.3, 0.4) is 0 Å². The fourth-order valence-corrected chi connectivity index (χ4v) is 1.82. The van der Waals surface area contributed by atoms with Gasteiger partial charge in [-0.05, 0) is 5.92 Å². The number of hydrogen-bond acceptors (Lipinski definition) is 1. The van der Waals surface area contributed by atoms with Crippen LogP contribution in [0.1, 0.15) is 12.8 Å². The van der Waals surface area contributed by atoms with E-state index in [0.717, 1.165) is 5.92 Å². The molecule has 3 aliphatic heterocycles. The van der Waals surface area contributed by atoms with Crippen molar-refractivity contribution in [2.24, 2.45) is 11.7 Å². The van der Waals surface area contributed by atoms with Gasteiger partial charge in [0.2, 0.25) is 0 Å². The van der Waals surface area contributed by atoms with Gasteiger partial charge in [-0.15, -0.1) is 0 Å². The van der Waals surface area contributed by atoms with Gasteiger partial charge in [0.05, 0.1) is 6.04 Å². The second-order valence-electron chi connectivity index (χ2n) is 3.10. The van der Waals surface area contributed by atoms with E-state index in [-0.39, 0.29) is 0 Å². The van der Waals surface area contributed by atoms with Gasteiger partial charge in [0.1, 0.15) is 13.1 Å². The molecular weight excluding hydrogens is 112 g/mol. The van der Waals surface area contributed by atoms with Gasteiger partial charge in [0.25, 0.3) is 0 Å². The molecule has 50 valence electrons. The summed E-state index contributed by atoms with van der Waals surface area (Å²) < 4.78 is 2.35. The van der Waals surface area contributed by atoms with Crippen LogP contribution in [0.15, 0.2) is 0 Å². The first-order valence-corrected chi connectivity index (χ1v) is 3.71. The van der Waals surface area contributed by atoms with Gasteiger partial charge in [0.15, 0.2) is 6.21 Å². The van der Waals surface area contributed by atoms with Crippen LogP contribution in [0.5, 0.6) is 0 Å². The maximum atomic E-state index is 5.82.